The lowest BCUT2D eigenvalue weighted by Gasteiger charge is -2.03. The lowest BCUT2D eigenvalue weighted by molar-refractivity contribution is -0.0681. The Balaban J connectivity index is 1.95. The quantitative estimate of drug-likeness (QED) is 0.328. The minimum atomic E-state index is -0.839. The van der Waals surface area contributed by atoms with Crippen molar-refractivity contribution in [3.05, 3.63) is 12.7 Å². The van der Waals surface area contributed by atoms with Gasteiger partial charge in [0.05, 0.1) is 13.2 Å². The number of hydrogen-bond acceptors (Lipinski definition) is 3. The monoisotopic (exact) mass is 130 g/mol. The van der Waals surface area contributed by atoms with Crippen LogP contribution in [0.25, 0.3) is 0 Å². The van der Waals surface area contributed by atoms with E-state index in [1.54, 1.807) is 0 Å². The Bertz CT molecular complexity index is 98.5. The molecule has 0 aromatic carbocycles. The summed E-state index contributed by atoms with van der Waals surface area (Å²) >= 11 is 0. The Morgan fingerprint density at radius 3 is 3.11 bits per heavy atom. The second kappa shape index (κ2) is 2.96. The molecule has 0 aromatic rings. The summed E-state index contributed by atoms with van der Waals surface area (Å²) in [4.78, 5) is 0. The molecule has 1 N–H and O–H groups in total. The van der Waals surface area contributed by atoms with Gasteiger partial charge in [0, 0.05) is 0 Å². The summed E-state index contributed by atoms with van der Waals surface area (Å²) in [5.74, 6) is 0. The molecule has 52 valence electrons. The highest BCUT2D eigenvalue weighted by molar-refractivity contribution is 4.73. The van der Waals surface area contributed by atoms with Crippen molar-refractivity contribution < 1.29 is 14.6 Å². The fraction of sp³-hybridized carbons (Fsp3) is 0.667. The normalized spacial score (nSPS) is 27.4. The van der Waals surface area contributed by atoms with Crippen molar-refractivity contribution in [1.29, 1.82) is 0 Å². The molecule has 0 saturated carbocycles. The topological polar surface area (TPSA) is 42.0 Å². The van der Waals surface area contributed by atoms with Gasteiger partial charge in [0.15, 0.2) is 6.29 Å². The molecule has 1 rings (SSSR count). The molecule has 0 aliphatic carbocycles. The average Bonchev–Trinajstić information content (AvgIpc) is 2.65. The third-order valence-electron chi connectivity index (χ3n) is 1.06. The molecule has 2 unspecified atom stereocenters. The van der Waals surface area contributed by atoms with E-state index >= 15 is 0 Å². The smallest absolute Gasteiger partial charge is 0.173 e. The zero-order chi connectivity index (χ0) is 6.69. The van der Waals surface area contributed by atoms with Gasteiger partial charge in [-0.3, -0.25) is 0 Å². The summed E-state index contributed by atoms with van der Waals surface area (Å²) in [5, 5.41) is 8.74. The number of rotatable bonds is 4. The summed E-state index contributed by atoms with van der Waals surface area (Å²) in [7, 11) is 0. The fourth-order valence-corrected chi connectivity index (χ4v) is 0.438. The first kappa shape index (κ1) is 6.74. The van der Waals surface area contributed by atoms with Crippen molar-refractivity contribution in [3.8, 4) is 0 Å². The van der Waals surface area contributed by atoms with Crippen LogP contribution in [-0.4, -0.2) is 30.7 Å². The van der Waals surface area contributed by atoms with Crippen molar-refractivity contribution in [2.45, 2.75) is 12.4 Å². The lowest BCUT2D eigenvalue weighted by Crippen LogP contribution is -2.11. The molecule has 1 fully saturated rings. The van der Waals surface area contributed by atoms with Crippen LogP contribution in [0.4, 0.5) is 0 Å². The highest BCUT2D eigenvalue weighted by Gasteiger charge is 2.22. The summed E-state index contributed by atoms with van der Waals surface area (Å²) in [6.45, 7) is 4.56. The van der Waals surface area contributed by atoms with Gasteiger partial charge in [-0.1, -0.05) is 6.58 Å². The largest absolute Gasteiger partial charge is 0.371 e. The molecule has 0 spiro atoms. The predicted molar refractivity (Wildman–Crippen MR) is 31.9 cm³/mol. The molecule has 1 aliphatic rings. The van der Waals surface area contributed by atoms with E-state index in [1.165, 1.54) is 6.08 Å². The Kier molecular flexibility index (Phi) is 2.22. The van der Waals surface area contributed by atoms with Gasteiger partial charge in [-0.15, -0.1) is 0 Å². The maximum atomic E-state index is 8.74. The van der Waals surface area contributed by atoms with Crippen LogP contribution in [-0.2, 0) is 9.47 Å². The van der Waals surface area contributed by atoms with E-state index in [1.807, 2.05) is 0 Å². The molecule has 0 amide bonds. The van der Waals surface area contributed by atoms with Crippen molar-refractivity contribution >= 4 is 0 Å². The first-order valence-electron chi connectivity index (χ1n) is 2.87. The lowest BCUT2D eigenvalue weighted by atomic mass is 10.5. The number of ether oxygens (including phenoxy) is 2. The van der Waals surface area contributed by atoms with E-state index in [4.69, 9.17) is 14.6 Å². The van der Waals surface area contributed by atoms with Crippen molar-refractivity contribution in [2.24, 2.45) is 0 Å². The van der Waals surface area contributed by atoms with E-state index in [-0.39, 0.29) is 6.10 Å². The van der Waals surface area contributed by atoms with E-state index in [0.29, 0.717) is 6.61 Å². The zero-order valence-electron chi connectivity index (χ0n) is 5.12. The summed E-state index contributed by atoms with van der Waals surface area (Å²) in [6, 6.07) is 0. The second-order valence-corrected chi connectivity index (χ2v) is 1.91. The van der Waals surface area contributed by atoms with Crippen molar-refractivity contribution in [2.75, 3.05) is 13.2 Å². The van der Waals surface area contributed by atoms with Crippen LogP contribution in [0.1, 0.15) is 0 Å². The van der Waals surface area contributed by atoms with Gasteiger partial charge < -0.3 is 14.6 Å². The molecule has 9 heavy (non-hydrogen) atoms. The second-order valence-electron chi connectivity index (χ2n) is 1.91. The Hall–Kier alpha value is -0.380. The van der Waals surface area contributed by atoms with Gasteiger partial charge in [0.2, 0.25) is 0 Å². The summed E-state index contributed by atoms with van der Waals surface area (Å²) in [6.07, 6.45) is 0.705. The third-order valence-corrected chi connectivity index (χ3v) is 1.06. The molecule has 0 bridgehead atoms. The highest BCUT2D eigenvalue weighted by atomic mass is 16.6. The fourth-order valence-electron chi connectivity index (χ4n) is 0.438. The molecule has 1 heterocycles. The Morgan fingerprint density at radius 2 is 2.67 bits per heavy atom. The van der Waals surface area contributed by atoms with Crippen LogP contribution in [0, 0.1) is 0 Å². The maximum Gasteiger partial charge on any atom is 0.173 e. The molecule has 1 saturated heterocycles. The molecular weight excluding hydrogens is 120 g/mol. The first-order chi connectivity index (χ1) is 4.33. The molecule has 2 atom stereocenters. The number of aliphatic hydroxyl groups excluding tert-OH is 1. The Labute approximate surface area is 53.9 Å². The van der Waals surface area contributed by atoms with E-state index in [2.05, 4.69) is 6.58 Å². The predicted octanol–water partition coefficient (Wildman–Crippen LogP) is -0.0938. The van der Waals surface area contributed by atoms with Gasteiger partial charge in [-0.2, -0.15) is 0 Å². The number of hydrogen-bond donors (Lipinski definition) is 1. The van der Waals surface area contributed by atoms with Gasteiger partial charge in [0.1, 0.15) is 6.10 Å². The van der Waals surface area contributed by atoms with E-state index in [9.17, 15) is 0 Å². The molecule has 3 heteroatoms. The summed E-state index contributed by atoms with van der Waals surface area (Å²) < 4.78 is 9.66. The highest BCUT2D eigenvalue weighted by Crippen LogP contribution is 2.09. The van der Waals surface area contributed by atoms with Crippen LogP contribution in [0.15, 0.2) is 12.7 Å². The molecule has 0 aromatic heterocycles. The van der Waals surface area contributed by atoms with Crippen LogP contribution in [0.3, 0.4) is 0 Å². The van der Waals surface area contributed by atoms with Gasteiger partial charge >= 0.3 is 0 Å². The molecular formula is C6H10O3. The standard InChI is InChI=1S/C6H10O3/c1-2-6(7)9-4-5-3-8-5/h2,5-7H,1,3-4H2. The zero-order valence-corrected chi connectivity index (χ0v) is 5.12. The third kappa shape index (κ3) is 2.60. The minimum absolute atomic E-state index is 0.208. The number of epoxide rings is 1. The SMILES string of the molecule is C=CC(O)OCC1CO1. The van der Waals surface area contributed by atoms with Crippen LogP contribution >= 0.6 is 0 Å². The maximum absolute atomic E-state index is 8.74. The van der Waals surface area contributed by atoms with Crippen molar-refractivity contribution in [3.63, 3.8) is 0 Å². The van der Waals surface area contributed by atoms with Crippen LogP contribution in [0.5, 0.6) is 0 Å². The van der Waals surface area contributed by atoms with Gasteiger partial charge in [0.25, 0.3) is 0 Å². The Morgan fingerprint density at radius 1 is 2.00 bits per heavy atom. The van der Waals surface area contributed by atoms with Crippen LogP contribution < -0.4 is 0 Å². The molecule has 0 radical (unpaired) electrons. The van der Waals surface area contributed by atoms with Crippen molar-refractivity contribution in [1.82, 2.24) is 0 Å². The van der Waals surface area contributed by atoms with Crippen LogP contribution in [0.2, 0.25) is 0 Å². The summed E-state index contributed by atoms with van der Waals surface area (Å²) in [5.41, 5.74) is 0. The van der Waals surface area contributed by atoms with Gasteiger partial charge in [-0.25, -0.2) is 0 Å². The average molecular weight is 130 g/mol. The number of aliphatic hydroxyl groups is 1. The van der Waals surface area contributed by atoms with E-state index < -0.39 is 6.29 Å². The minimum Gasteiger partial charge on any atom is -0.371 e. The first-order valence-corrected chi connectivity index (χ1v) is 2.87. The molecule has 3 nitrogen and oxygen atoms in total. The molecule has 1 aliphatic heterocycles. The van der Waals surface area contributed by atoms with E-state index in [0.717, 1.165) is 6.61 Å². The van der Waals surface area contributed by atoms with Gasteiger partial charge in [-0.05, 0) is 6.08 Å².